The van der Waals surface area contributed by atoms with Crippen LogP contribution in [0.1, 0.15) is 72.6 Å². The molecule has 0 fully saturated rings. The minimum Gasteiger partial charge on any atom is -0.465 e. The van der Waals surface area contributed by atoms with E-state index in [0.29, 0.717) is 44.3 Å². The molecule has 0 amide bonds. The van der Waals surface area contributed by atoms with Gasteiger partial charge in [-0.1, -0.05) is 47.0 Å². The summed E-state index contributed by atoms with van der Waals surface area (Å²) in [6, 6.07) is 0. The van der Waals surface area contributed by atoms with Crippen molar-refractivity contribution >= 4 is 11.9 Å². The highest BCUT2D eigenvalue weighted by atomic mass is 16.5. The van der Waals surface area contributed by atoms with Crippen LogP contribution in [0, 0.1) is 11.8 Å². The molecule has 21 heavy (non-hydrogen) atoms. The first-order valence-electron chi connectivity index (χ1n) is 8.34. The number of carbonyl (C=O) groups excluding carboxylic acids is 2. The highest BCUT2D eigenvalue weighted by Gasteiger charge is 2.11. The summed E-state index contributed by atoms with van der Waals surface area (Å²) < 4.78 is 10.4. The molecule has 0 saturated heterocycles. The zero-order chi connectivity index (χ0) is 16.1. The van der Waals surface area contributed by atoms with Gasteiger partial charge in [0.1, 0.15) is 0 Å². The third-order valence-corrected chi connectivity index (χ3v) is 3.71. The lowest BCUT2D eigenvalue weighted by Gasteiger charge is -2.12. The van der Waals surface area contributed by atoms with Gasteiger partial charge in [-0.05, 0) is 24.7 Å². The Kier molecular flexibility index (Phi) is 12.0. The minimum atomic E-state index is -0.217. The monoisotopic (exact) mass is 300 g/mol. The van der Waals surface area contributed by atoms with Gasteiger partial charge in [0.25, 0.3) is 0 Å². The molecule has 0 aromatic heterocycles. The van der Waals surface area contributed by atoms with Gasteiger partial charge in [0, 0.05) is 12.8 Å². The van der Waals surface area contributed by atoms with Crippen LogP contribution in [0.5, 0.6) is 0 Å². The van der Waals surface area contributed by atoms with E-state index in [0.717, 1.165) is 25.7 Å². The van der Waals surface area contributed by atoms with Crippen molar-refractivity contribution in [2.75, 3.05) is 13.2 Å². The van der Waals surface area contributed by atoms with E-state index in [4.69, 9.17) is 9.47 Å². The number of hydrogen-bond donors (Lipinski definition) is 0. The number of esters is 2. The maximum atomic E-state index is 11.5. The Hall–Kier alpha value is -1.06. The lowest BCUT2D eigenvalue weighted by atomic mass is 10.1. The molecular formula is C17H32O4. The summed E-state index contributed by atoms with van der Waals surface area (Å²) in [5.74, 6) is 0.419. The maximum absolute atomic E-state index is 11.5. The molecule has 0 aromatic rings. The lowest BCUT2D eigenvalue weighted by Crippen LogP contribution is -2.14. The zero-order valence-electron chi connectivity index (χ0n) is 14.2. The maximum Gasteiger partial charge on any atom is 0.305 e. The largest absolute Gasteiger partial charge is 0.465 e. The van der Waals surface area contributed by atoms with Crippen molar-refractivity contribution in [2.24, 2.45) is 11.8 Å². The molecule has 0 aliphatic rings. The van der Waals surface area contributed by atoms with Crippen LogP contribution in [0.15, 0.2) is 0 Å². The standard InChI is InChI=1S/C17H32O4/c1-5-9-14(4)12-20-16(18)10-8-11-17(19)21-13-15(6-2)7-3/h14-15H,5-13H2,1-4H3. The Bertz CT molecular complexity index is 285. The molecule has 0 aromatic carbocycles. The number of rotatable bonds is 12. The average Bonchev–Trinajstić information content (AvgIpc) is 2.46. The van der Waals surface area contributed by atoms with Gasteiger partial charge in [0.15, 0.2) is 0 Å². The highest BCUT2D eigenvalue weighted by Crippen LogP contribution is 2.10. The summed E-state index contributed by atoms with van der Waals surface area (Å²) in [6.07, 6.45) is 5.29. The van der Waals surface area contributed by atoms with Crippen molar-refractivity contribution < 1.29 is 19.1 Å². The second-order valence-electron chi connectivity index (χ2n) is 5.80. The van der Waals surface area contributed by atoms with Crippen LogP contribution >= 0.6 is 0 Å². The van der Waals surface area contributed by atoms with Crippen molar-refractivity contribution in [3.8, 4) is 0 Å². The van der Waals surface area contributed by atoms with E-state index in [1.807, 2.05) is 0 Å². The molecule has 4 heteroatoms. The van der Waals surface area contributed by atoms with Gasteiger partial charge in [-0.3, -0.25) is 9.59 Å². The Morgan fingerprint density at radius 2 is 1.43 bits per heavy atom. The zero-order valence-corrected chi connectivity index (χ0v) is 14.2. The van der Waals surface area contributed by atoms with Crippen molar-refractivity contribution in [1.82, 2.24) is 0 Å². The van der Waals surface area contributed by atoms with Gasteiger partial charge in [-0.2, -0.15) is 0 Å². The summed E-state index contributed by atoms with van der Waals surface area (Å²) in [6.45, 7) is 9.35. The van der Waals surface area contributed by atoms with E-state index >= 15 is 0 Å². The quantitative estimate of drug-likeness (QED) is 0.509. The molecule has 1 unspecified atom stereocenters. The van der Waals surface area contributed by atoms with Crippen molar-refractivity contribution in [1.29, 1.82) is 0 Å². The minimum absolute atomic E-state index is 0.214. The average molecular weight is 300 g/mol. The fourth-order valence-corrected chi connectivity index (χ4v) is 2.07. The predicted octanol–water partition coefficient (Wildman–Crippen LogP) is 4.12. The second kappa shape index (κ2) is 12.7. The van der Waals surface area contributed by atoms with E-state index in [1.54, 1.807) is 0 Å². The lowest BCUT2D eigenvalue weighted by molar-refractivity contribution is -0.146. The molecule has 0 aliphatic heterocycles. The van der Waals surface area contributed by atoms with Gasteiger partial charge in [0.2, 0.25) is 0 Å². The summed E-state index contributed by atoms with van der Waals surface area (Å²) in [4.78, 5) is 23.1. The van der Waals surface area contributed by atoms with Crippen LogP contribution in [0.3, 0.4) is 0 Å². The van der Waals surface area contributed by atoms with Gasteiger partial charge < -0.3 is 9.47 Å². The van der Waals surface area contributed by atoms with E-state index in [-0.39, 0.29) is 11.9 Å². The first-order chi connectivity index (χ1) is 10.0. The third kappa shape index (κ3) is 11.3. The van der Waals surface area contributed by atoms with Crippen LogP contribution in [-0.2, 0) is 19.1 Å². The van der Waals surface area contributed by atoms with Crippen LogP contribution in [0.25, 0.3) is 0 Å². The summed E-state index contributed by atoms with van der Waals surface area (Å²) in [7, 11) is 0. The fourth-order valence-electron chi connectivity index (χ4n) is 2.07. The molecule has 0 heterocycles. The SMILES string of the molecule is CCCC(C)COC(=O)CCCC(=O)OCC(CC)CC. The molecule has 0 bridgehead atoms. The van der Waals surface area contributed by atoms with Gasteiger partial charge in [-0.15, -0.1) is 0 Å². The van der Waals surface area contributed by atoms with Crippen molar-refractivity contribution in [2.45, 2.75) is 72.6 Å². The van der Waals surface area contributed by atoms with Crippen molar-refractivity contribution in [3.05, 3.63) is 0 Å². The molecule has 0 rings (SSSR count). The number of carbonyl (C=O) groups is 2. The number of ether oxygens (including phenoxy) is 2. The molecule has 0 radical (unpaired) electrons. The fraction of sp³-hybridized carbons (Fsp3) is 0.882. The summed E-state index contributed by atoms with van der Waals surface area (Å²) >= 11 is 0. The predicted molar refractivity (Wildman–Crippen MR) is 83.9 cm³/mol. The third-order valence-electron chi connectivity index (χ3n) is 3.71. The highest BCUT2D eigenvalue weighted by molar-refractivity contribution is 5.72. The number of hydrogen-bond acceptors (Lipinski definition) is 4. The van der Waals surface area contributed by atoms with E-state index in [9.17, 15) is 9.59 Å². The molecule has 0 saturated carbocycles. The first-order valence-corrected chi connectivity index (χ1v) is 8.34. The second-order valence-corrected chi connectivity index (χ2v) is 5.80. The Balaban J connectivity index is 3.64. The van der Waals surface area contributed by atoms with Crippen molar-refractivity contribution in [3.63, 3.8) is 0 Å². The van der Waals surface area contributed by atoms with Crippen LogP contribution in [-0.4, -0.2) is 25.2 Å². The van der Waals surface area contributed by atoms with E-state index in [2.05, 4.69) is 27.7 Å². The Labute approximate surface area is 129 Å². The molecular weight excluding hydrogens is 268 g/mol. The molecule has 124 valence electrons. The van der Waals surface area contributed by atoms with Gasteiger partial charge in [0.05, 0.1) is 13.2 Å². The Morgan fingerprint density at radius 1 is 0.905 bits per heavy atom. The van der Waals surface area contributed by atoms with E-state index < -0.39 is 0 Å². The first kappa shape index (κ1) is 19.9. The molecule has 0 N–H and O–H groups in total. The topological polar surface area (TPSA) is 52.6 Å². The normalized spacial score (nSPS) is 12.2. The summed E-state index contributed by atoms with van der Waals surface area (Å²) in [5, 5.41) is 0. The summed E-state index contributed by atoms with van der Waals surface area (Å²) in [5.41, 5.74) is 0. The molecule has 0 spiro atoms. The van der Waals surface area contributed by atoms with Gasteiger partial charge in [-0.25, -0.2) is 0 Å². The molecule has 1 atom stereocenters. The van der Waals surface area contributed by atoms with E-state index in [1.165, 1.54) is 0 Å². The van der Waals surface area contributed by atoms with Crippen LogP contribution in [0.2, 0.25) is 0 Å². The smallest absolute Gasteiger partial charge is 0.305 e. The van der Waals surface area contributed by atoms with Gasteiger partial charge >= 0.3 is 11.9 Å². The van der Waals surface area contributed by atoms with Crippen LogP contribution < -0.4 is 0 Å². The molecule has 4 nitrogen and oxygen atoms in total. The van der Waals surface area contributed by atoms with Crippen LogP contribution in [0.4, 0.5) is 0 Å². The molecule has 0 aliphatic carbocycles. The Morgan fingerprint density at radius 3 is 1.90 bits per heavy atom.